The number of nitrogens with one attached hydrogen (secondary N) is 1. The largest absolute Gasteiger partial charge is 0.476 e. The average Bonchev–Trinajstić information content (AvgIpc) is 3.05. The third-order valence-electron chi connectivity index (χ3n) is 6.85. The van der Waals surface area contributed by atoms with E-state index in [1.807, 2.05) is 0 Å². The second-order valence-corrected chi connectivity index (χ2v) is 8.19. The van der Waals surface area contributed by atoms with Crippen molar-refractivity contribution < 1.29 is 14.7 Å². The summed E-state index contributed by atoms with van der Waals surface area (Å²) < 4.78 is 1.79. The van der Waals surface area contributed by atoms with Gasteiger partial charge in [-0.05, 0) is 39.2 Å². The van der Waals surface area contributed by atoms with E-state index in [0.29, 0.717) is 19.0 Å². The molecule has 1 spiro atoms. The van der Waals surface area contributed by atoms with Gasteiger partial charge < -0.3 is 10.4 Å². The van der Waals surface area contributed by atoms with E-state index >= 15 is 0 Å². The number of carboxylic acid groups (broad SMARTS) is 1. The molecule has 0 saturated carbocycles. The molecule has 0 unspecified atom stereocenters. The van der Waals surface area contributed by atoms with Crippen LogP contribution in [-0.4, -0.2) is 81.4 Å². The molecule has 1 aromatic heterocycles. The second-order valence-electron chi connectivity index (χ2n) is 8.19. The number of amides is 1. The Morgan fingerprint density at radius 1 is 1.39 bits per heavy atom. The lowest BCUT2D eigenvalue weighted by Crippen LogP contribution is -2.67. The fourth-order valence-electron chi connectivity index (χ4n) is 5.18. The van der Waals surface area contributed by atoms with E-state index in [4.69, 9.17) is 0 Å². The molecule has 1 atom stereocenters. The normalized spacial score (nSPS) is 25.3. The number of likely N-dealkylation sites (N-methyl/N-ethyl adjacent to an activating group) is 1. The number of piperidine rings is 1. The number of aromatic nitrogens is 2. The molecule has 28 heavy (non-hydrogen) atoms. The molecule has 0 aromatic carbocycles. The molecule has 1 amide bonds. The van der Waals surface area contributed by atoms with Crippen molar-refractivity contribution in [3.8, 4) is 0 Å². The third-order valence-corrected chi connectivity index (χ3v) is 6.85. The summed E-state index contributed by atoms with van der Waals surface area (Å²) in [7, 11) is 2.05. The first-order chi connectivity index (χ1) is 13.5. The molecule has 152 valence electrons. The van der Waals surface area contributed by atoms with Crippen LogP contribution in [0.5, 0.6) is 0 Å². The third kappa shape index (κ3) is 3.04. The lowest BCUT2D eigenvalue weighted by molar-refractivity contribution is -0.140. The summed E-state index contributed by atoms with van der Waals surface area (Å²) in [5.41, 5.74) is 1.71. The Balaban J connectivity index is 1.49. The maximum Gasteiger partial charge on any atom is 0.356 e. The Morgan fingerprint density at radius 3 is 2.79 bits per heavy atom. The molecule has 1 aromatic rings. The summed E-state index contributed by atoms with van der Waals surface area (Å²) in [5.74, 6) is -0.802. The first kappa shape index (κ1) is 19.1. The van der Waals surface area contributed by atoms with Crippen molar-refractivity contribution >= 4 is 11.9 Å². The summed E-state index contributed by atoms with van der Waals surface area (Å²) in [4.78, 5) is 28.9. The minimum atomic E-state index is -0.960. The smallest absolute Gasteiger partial charge is 0.356 e. The van der Waals surface area contributed by atoms with E-state index in [-0.39, 0.29) is 17.1 Å². The van der Waals surface area contributed by atoms with Gasteiger partial charge in [0.15, 0.2) is 5.69 Å². The van der Waals surface area contributed by atoms with Gasteiger partial charge in [0.2, 0.25) is 5.91 Å². The van der Waals surface area contributed by atoms with Gasteiger partial charge in [0.25, 0.3) is 0 Å². The highest BCUT2D eigenvalue weighted by molar-refractivity contribution is 5.88. The Morgan fingerprint density at radius 2 is 2.14 bits per heavy atom. The fraction of sp³-hybridized carbons (Fsp3) is 0.650. The average molecular weight is 387 g/mol. The molecule has 2 aliphatic heterocycles. The van der Waals surface area contributed by atoms with E-state index in [0.717, 1.165) is 63.1 Å². The zero-order valence-corrected chi connectivity index (χ0v) is 16.5. The number of carbonyl (C=O) groups is 2. The monoisotopic (exact) mass is 387 g/mol. The zero-order chi connectivity index (χ0) is 19.9. The van der Waals surface area contributed by atoms with E-state index in [9.17, 15) is 14.7 Å². The standard InChI is InChI=1S/C20H29N5O3/c1-3-9-25-16-5-4-14(13-15(16)17(22-25)18(26)27)24-10-6-20(7-11-24)19(28)21-8-12-23(20)2/h3,14H,1,4-13H2,2H3,(H,21,28)(H,26,27)/t14-/m0/s1. The highest BCUT2D eigenvalue weighted by Gasteiger charge is 2.47. The number of carboxylic acids is 1. The number of hydrogen-bond donors (Lipinski definition) is 2. The SMILES string of the molecule is C=CCn1nc(C(=O)O)c2c1CC[C@H](N1CCC3(CC1)C(=O)NCCN3C)C2. The number of fused-ring (bicyclic) bond motifs is 1. The number of rotatable bonds is 4. The molecule has 4 rings (SSSR count). The molecular weight excluding hydrogens is 358 g/mol. The van der Waals surface area contributed by atoms with Gasteiger partial charge in [0.1, 0.15) is 5.54 Å². The number of likely N-dealkylation sites (tertiary alicyclic amines) is 1. The fourth-order valence-corrected chi connectivity index (χ4v) is 5.18. The van der Waals surface area contributed by atoms with Crippen LogP contribution >= 0.6 is 0 Å². The molecule has 1 aliphatic carbocycles. The molecule has 0 radical (unpaired) electrons. The quantitative estimate of drug-likeness (QED) is 0.732. The first-order valence-corrected chi connectivity index (χ1v) is 10.1. The van der Waals surface area contributed by atoms with Crippen molar-refractivity contribution in [1.29, 1.82) is 0 Å². The van der Waals surface area contributed by atoms with Crippen LogP contribution in [0.25, 0.3) is 0 Å². The van der Waals surface area contributed by atoms with Gasteiger partial charge in [-0.1, -0.05) is 6.08 Å². The van der Waals surface area contributed by atoms with Crippen molar-refractivity contribution in [3.63, 3.8) is 0 Å². The van der Waals surface area contributed by atoms with Gasteiger partial charge in [0, 0.05) is 43.5 Å². The molecule has 3 heterocycles. The first-order valence-electron chi connectivity index (χ1n) is 10.1. The Kier molecular flexibility index (Phi) is 5.01. The topological polar surface area (TPSA) is 90.7 Å². The molecular formula is C20H29N5O3. The maximum absolute atomic E-state index is 12.6. The highest BCUT2D eigenvalue weighted by atomic mass is 16.4. The van der Waals surface area contributed by atoms with Crippen LogP contribution in [0.1, 0.15) is 41.0 Å². The van der Waals surface area contributed by atoms with Crippen molar-refractivity contribution in [2.75, 3.05) is 33.2 Å². The zero-order valence-electron chi connectivity index (χ0n) is 16.5. The van der Waals surface area contributed by atoms with Gasteiger partial charge in [-0.25, -0.2) is 4.79 Å². The summed E-state index contributed by atoms with van der Waals surface area (Å²) >= 11 is 0. The van der Waals surface area contributed by atoms with Crippen molar-refractivity contribution in [1.82, 2.24) is 24.9 Å². The molecule has 2 saturated heterocycles. The van der Waals surface area contributed by atoms with Gasteiger partial charge in [-0.3, -0.25) is 19.3 Å². The van der Waals surface area contributed by atoms with E-state index in [1.165, 1.54) is 0 Å². The summed E-state index contributed by atoms with van der Waals surface area (Å²) in [6.45, 7) is 7.62. The molecule has 0 bridgehead atoms. The van der Waals surface area contributed by atoms with Gasteiger partial charge in [-0.2, -0.15) is 5.10 Å². The number of aromatic carboxylic acids is 1. The number of allylic oxidation sites excluding steroid dienone is 1. The van der Waals surface area contributed by atoms with Crippen LogP contribution in [0.2, 0.25) is 0 Å². The predicted octanol–water partition coefficient (Wildman–Crippen LogP) is 0.521. The Hall–Kier alpha value is -2.19. The molecule has 8 nitrogen and oxygen atoms in total. The molecule has 3 aliphatic rings. The summed E-state index contributed by atoms with van der Waals surface area (Å²) in [6.07, 6.45) is 5.92. The predicted molar refractivity (Wildman–Crippen MR) is 104 cm³/mol. The van der Waals surface area contributed by atoms with Crippen molar-refractivity contribution in [3.05, 3.63) is 29.6 Å². The van der Waals surface area contributed by atoms with Crippen LogP contribution in [0.4, 0.5) is 0 Å². The minimum Gasteiger partial charge on any atom is -0.476 e. The second kappa shape index (κ2) is 7.33. The lowest BCUT2D eigenvalue weighted by atomic mass is 9.81. The molecule has 2 N–H and O–H groups in total. The Bertz CT molecular complexity index is 794. The number of nitrogens with zero attached hydrogens (tertiary/aromatic N) is 4. The van der Waals surface area contributed by atoms with Crippen LogP contribution in [0, 0.1) is 0 Å². The van der Waals surface area contributed by atoms with Crippen molar-refractivity contribution in [2.45, 2.75) is 50.2 Å². The maximum atomic E-state index is 12.6. The van der Waals surface area contributed by atoms with Crippen molar-refractivity contribution in [2.24, 2.45) is 0 Å². The highest BCUT2D eigenvalue weighted by Crippen LogP contribution is 2.34. The van der Waals surface area contributed by atoms with Gasteiger partial charge in [-0.15, -0.1) is 6.58 Å². The summed E-state index contributed by atoms with van der Waals surface area (Å²) in [6, 6.07) is 0.307. The molecule has 2 fully saturated rings. The van der Waals surface area contributed by atoms with Crippen LogP contribution in [-0.2, 0) is 24.2 Å². The number of piperazine rings is 1. The van der Waals surface area contributed by atoms with E-state index < -0.39 is 5.97 Å². The van der Waals surface area contributed by atoms with Crippen LogP contribution < -0.4 is 5.32 Å². The van der Waals surface area contributed by atoms with Gasteiger partial charge in [0.05, 0.1) is 6.54 Å². The lowest BCUT2D eigenvalue weighted by Gasteiger charge is -2.50. The minimum absolute atomic E-state index is 0.158. The molecule has 8 heteroatoms. The van der Waals surface area contributed by atoms with E-state index in [2.05, 4.69) is 33.8 Å². The summed E-state index contributed by atoms with van der Waals surface area (Å²) in [5, 5.41) is 16.9. The van der Waals surface area contributed by atoms with E-state index in [1.54, 1.807) is 10.8 Å². The number of hydrogen-bond acceptors (Lipinski definition) is 5. The Labute approximate surface area is 165 Å². The van der Waals surface area contributed by atoms with Crippen LogP contribution in [0.15, 0.2) is 12.7 Å². The number of carbonyl (C=O) groups excluding carboxylic acids is 1. The van der Waals surface area contributed by atoms with Gasteiger partial charge >= 0.3 is 5.97 Å². The van der Waals surface area contributed by atoms with Crippen LogP contribution in [0.3, 0.4) is 0 Å².